The largest absolute Gasteiger partial charge is 0.493 e. The van der Waals surface area contributed by atoms with E-state index in [9.17, 15) is 9.59 Å². The van der Waals surface area contributed by atoms with Gasteiger partial charge >= 0.3 is 5.97 Å². The van der Waals surface area contributed by atoms with Gasteiger partial charge in [-0.3, -0.25) is 4.79 Å². The number of methoxy groups -OCH3 is 2. The highest BCUT2D eigenvalue weighted by atomic mass is 16.5. The van der Waals surface area contributed by atoms with Crippen LogP contribution < -0.4 is 9.47 Å². The monoisotopic (exact) mass is 358 g/mol. The summed E-state index contributed by atoms with van der Waals surface area (Å²) in [7, 11) is 3.12. The van der Waals surface area contributed by atoms with E-state index < -0.39 is 5.97 Å². The zero-order valence-electron chi connectivity index (χ0n) is 15.1. The zero-order chi connectivity index (χ0) is 18.9. The van der Waals surface area contributed by atoms with Crippen LogP contribution in [0.2, 0.25) is 0 Å². The van der Waals surface area contributed by atoms with Crippen LogP contribution >= 0.6 is 0 Å². The van der Waals surface area contributed by atoms with Crippen molar-refractivity contribution >= 4 is 11.9 Å². The van der Waals surface area contributed by atoms with E-state index in [1.807, 2.05) is 19.1 Å². The van der Waals surface area contributed by atoms with Crippen LogP contribution in [0.15, 0.2) is 42.6 Å². The van der Waals surface area contributed by atoms with Crippen molar-refractivity contribution in [1.82, 2.24) is 9.88 Å². The average Bonchev–Trinajstić information content (AvgIpc) is 2.70. The molecule has 2 rings (SSSR count). The van der Waals surface area contributed by atoms with Gasteiger partial charge in [0.15, 0.2) is 18.1 Å². The van der Waals surface area contributed by atoms with E-state index in [0.29, 0.717) is 24.6 Å². The second-order valence-electron chi connectivity index (χ2n) is 5.39. The molecule has 1 aromatic carbocycles. The molecular weight excluding hydrogens is 336 g/mol. The lowest BCUT2D eigenvalue weighted by molar-refractivity contribution is -0.134. The third kappa shape index (κ3) is 4.95. The first kappa shape index (κ1) is 19.2. The van der Waals surface area contributed by atoms with Crippen LogP contribution in [0.5, 0.6) is 11.5 Å². The fourth-order valence-corrected chi connectivity index (χ4v) is 2.35. The molecule has 1 amide bonds. The van der Waals surface area contributed by atoms with Gasteiger partial charge in [-0.05, 0) is 36.8 Å². The highest BCUT2D eigenvalue weighted by Gasteiger charge is 2.17. The first-order chi connectivity index (χ1) is 12.6. The second-order valence-corrected chi connectivity index (χ2v) is 5.39. The molecule has 0 radical (unpaired) electrons. The number of esters is 1. The topological polar surface area (TPSA) is 78.0 Å². The second kappa shape index (κ2) is 9.41. The van der Waals surface area contributed by atoms with Crippen molar-refractivity contribution < 1.29 is 23.8 Å². The summed E-state index contributed by atoms with van der Waals surface area (Å²) in [5, 5.41) is 0. The molecule has 1 heterocycles. The molecule has 0 unspecified atom stereocenters. The summed E-state index contributed by atoms with van der Waals surface area (Å²) in [6.45, 7) is 2.38. The van der Waals surface area contributed by atoms with Crippen LogP contribution in [0.4, 0.5) is 0 Å². The molecule has 0 fully saturated rings. The molecule has 0 saturated carbocycles. The van der Waals surface area contributed by atoms with Gasteiger partial charge in [0.05, 0.1) is 14.2 Å². The fourth-order valence-electron chi connectivity index (χ4n) is 2.35. The number of hydrogen-bond acceptors (Lipinski definition) is 6. The van der Waals surface area contributed by atoms with Gasteiger partial charge < -0.3 is 19.1 Å². The molecule has 7 heteroatoms. The molecule has 0 aliphatic carbocycles. The molecule has 0 bridgehead atoms. The SMILES string of the molecule is CCN(Cc1ccc(OC)c(OC)c1)C(=O)COC(=O)c1ccccn1. The lowest BCUT2D eigenvalue weighted by atomic mass is 10.2. The number of ether oxygens (including phenoxy) is 3. The number of pyridine rings is 1. The van der Waals surface area contributed by atoms with Crippen LogP contribution in [0.1, 0.15) is 23.0 Å². The first-order valence-corrected chi connectivity index (χ1v) is 8.15. The predicted octanol–water partition coefficient (Wildman–Crippen LogP) is 2.30. The Morgan fingerprint density at radius 3 is 2.46 bits per heavy atom. The van der Waals surface area contributed by atoms with Gasteiger partial charge in [-0.2, -0.15) is 0 Å². The molecular formula is C19H22N2O5. The maximum Gasteiger partial charge on any atom is 0.357 e. The minimum absolute atomic E-state index is 0.170. The average molecular weight is 358 g/mol. The van der Waals surface area contributed by atoms with E-state index in [0.717, 1.165) is 5.56 Å². The van der Waals surface area contributed by atoms with Gasteiger partial charge in [0.2, 0.25) is 0 Å². The molecule has 0 saturated heterocycles. The molecule has 0 spiro atoms. The van der Waals surface area contributed by atoms with Crippen molar-refractivity contribution in [2.75, 3.05) is 27.4 Å². The number of aromatic nitrogens is 1. The predicted molar refractivity (Wildman–Crippen MR) is 95.2 cm³/mol. The van der Waals surface area contributed by atoms with Crippen LogP contribution in [-0.4, -0.2) is 49.1 Å². The summed E-state index contributed by atoms with van der Waals surface area (Å²) in [6, 6.07) is 10.4. The summed E-state index contributed by atoms with van der Waals surface area (Å²) < 4.78 is 15.5. The molecule has 1 aromatic heterocycles. The van der Waals surface area contributed by atoms with Crippen molar-refractivity contribution in [1.29, 1.82) is 0 Å². The van der Waals surface area contributed by atoms with Crippen LogP contribution in [-0.2, 0) is 16.1 Å². The molecule has 0 aliphatic rings. The van der Waals surface area contributed by atoms with Crippen molar-refractivity contribution in [3.63, 3.8) is 0 Å². The van der Waals surface area contributed by atoms with Crippen molar-refractivity contribution in [2.24, 2.45) is 0 Å². The van der Waals surface area contributed by atoms with E-state index in [-0.39, 0.29) is 18.2 Å². The Bertz CT molecular complexity index is 749. The zero-order valence-corrected chi connectivity index (χ0v) is 15.1. The number of rotatable bonds is 8. The molecule has 26 heavy (non-hydrogen) atoms. The number of carbonyl (C=O) groups excluding carboxylic acids is 2. The molecule has 2 aromatic rings. The quantitative estimate of drug-likeness (QED) is 0.674. The Morgan fingerprint density at radius 2 is 1.85 bits per heavy atom. The van der Waals surface area contributed by atoms with Crippen LogP contribution in [0, 0.1) is 0 Å². The van der Waals surface area contributed by atoms with E-state index in [2.05, 4.69) is 4.98 Å². The van der Waals surface area contributed by atoms with Crippen LogP contribution in [0.3, 0.4) is 0 Å². The fraction of sp³-hybridized carbons (Fsp3) is 0.316. The Kier molecular flexibility index (Phi) is 6.96. The lowest BCUT2D eigenvalue weighted by Crippen LogP contribution is -2.34. The highest BCUT2D eigenvalue weighted by Crippen LogP contribution is 2.28. The third-order valence-electron chi connectivity index (χ3n) is 3.76. The highest BCUT2D eigenvalue weighted by molar-refractivity contribution is 5.89. The third-order valence-corrected chi connectivity index (χ3v) is 3.76. The van der Waals surface area contributed by atoms with Gasteiger partial charge in [-0.25, -0.2) is 9.78 Å². The van der Waals surface area contributed by atoms with E-state index in [1.54, 1.807) is 37.3 Å². The number of hydrogen-bond donors (Lipinski definition) is 0. The summed E-state index contributed by atoms with van der Waals surface area (Å²) in [6.07, 6.45) is 1.49. The summed E-state index contributed by atoms with van der Waals surface area (Å²) in [5.41, 5.74) is 1.05. The summed E-state index contributed by atoms with van der Waals surface area (Å²) >= 11 is 0. The Morgan fingerprint density at radius 1 is 1.08 bits per heavy atom. The molecule has 0 aliphatic heterocycles. The van der Waals surface area contributed by atoms with Gasteiger partial charge in [-0.1, -0.05) is 12.1 Å². The normalized spacial score (nSPS) is 10.1. The van der Waals surface area contributed by atoms with E-state index in [4.69, 9.17) is 14.2 Å². The van der Waals surface area contributed by atoms with Crippen LogP contribution in [0.25, 0.3) is 0 Å². The summed E-state index contributed by atoms with van der Waals surface area (Å²) in [5.74, 6) is 0.303. The molecule has 7 nitrogen and oxygen atoms in total. The van der Waals surface area contributed by atoms with Gasteiger partial charge in [0.1, 0.15) is 5.69 Å². The van der Waals surface area contributed by atoms with Crippen molar-refractivity contribution in [3.8, 4) is 11.5 Å². The summed E-state index contributed by atoms with van der Waals surface area (Å²) in [4.78, 5) is 29.7. The number of amides is 1. The van der Waals surface area contributed by atoms with E-state index in [1.165, 1.54) is 12.3 Å². The molecule has 0 atom stereocenters. The standard InChI is InChI=1S/C19H22N2O5/c1-4-21(12-14-8-9-16(24-2)17(11-14)25-3)18(22)13-26-19(23)15-7-5-6-10-20-15/h5-11H,4,12-13H2,1-3H3. The number of benzene rings is 1. The molecule has 0 N–H and O–H groups in total. The number of carbonyl (C=O) groups is 2. The maximum atomic E-state index is 12.4. The smallest absolute Gasteiger partial charge is 0.357 e. The number of nitrogens with zero attached hydrogens (tertiary/aromatic N) is 2. The van der Waals surface area contributed by atoms with Crippen molar-refractivity contribution in [2.45, 2.75) is 13.5 Å². The minimum atomic E-state index is -0.624. The Hall–Kier alpha value is -3.09. The Balaban J connectivity index is 1.97. The van der Waals surface area contributed by atoms with Gasteiger partial charge in [0.25, 0.3) is 5.91 Å². The van der Waals surface area contributed by atoms with Gasteiger partial charge in [-0.15, -0.1) is 0 Å². The Labute approximate surface area is 152 Å². The van der Waals surface area contributed by atoms with Crippen molar-refractivity contribution in [3.05, 3.63) is 53.9 Å². The molecule has 138 valence electrons. The maximum absolute atomic E-state index is 12.4. The minimum Gasteiger partial charge on any atom is -0.493 e. The number of likely N-dealkylation sites (N-methyl/N-ethyl adjacent to an activating group) is 1. The first-order valence-electron chi connectivity index (χ1n) is 8.15. The lowest BCUT2D eigenvalue weighted by Gasteiger charge is -2.21. The van der Waals surface area contributed by atoms with Gasteiger partial charge in [0, 0.05) is 19.3 Å². The van der Waals surface area contributed by atoms with E-state index >= 15 is 0 Å².